The maximum absolute atomic E-state index is 13.0. The fourth-order valence-corrected chi connectivity index (χ4v) is 6.77. The molecule has 2 fully saturated rings. The van der Waals surface area contributed by atoms with Crippen molar-refractivity contribution < 1.29 is 29.0 Å². The number of fused-ring (bicyclic) bond motifs is 8. The van der Waals surface area contributed by atoms with Gasteiger partial charge in [-0.2, -0.15) is 0 Å². The van der Waals surface area contributed by atoms with Crippen LogP contribution in [0.15, 0.2) is 58.6 Å². The maximum atomic E-state index is 13.0. The first-order valence-corrected chi connectivity index (χ1v) is 16.5. The summed E-state index contributed by atoms with van der Waals surface area (Å²) in [6, 6.07) is 5.16. The lowest BCUT2D eigenvalue weighted by molar-refractivity contribution is 0.0585. The lowest BCUT2D eigenvalue weighted by Crippen LogP contribution is -2.49. The van der Waals surface area contributed by atoms with Crippen LogP contribution in [0, 0.1) is 0 Å². The van der Waals surface area contributed by atoms with Crippen LogP contribution in [0.3, 0.4) is 0 Å². The topological polar surface area (TPSA) is 230 Å². The number of ether oxygens (including phenoxy) is 1. The minimum absolute atomic E-state index is 0.106. The molecule has 0 aromatic carbocycles. The molecule has 4 bridgehead atoms. The average Bonchev–Trinajstić information content (AvgIpc) is 3.77. The van der Waals surface area contributed by atoms with Gasteiger partial charge in [-0.15, -0.1) is 0 Å². The Bertz CT molecular complexity index is 2280. The van der Waals surface area contributed by atoms with E-state index in [1.165, 1.54) is 44.5 Å². The molecule has 274 valence electrons. The summed E-state index contributed by atoms with van der Waals surface area (Å²) < 4.78 is 7.42. The third-order valence-electron chi connectivity index (χ3n) is 9.42. The molecule has 4 aromatic rings. The minimum atomic E-state index is -1.27. The largest absolute Gasteiger partial charge is 0.475 e. The van der Waals surface area contributed by atoms with Crippen molar-refractivity contribution in [2.24, 2.45) is 14.1 Å². The third-order valence-corrected chi connectivity index (χ3v) is 9.42. The summed E-state index contributed by atoms with van der Waals surface area (Å²) in [4.78, 5) is 96.5. The Labute approximate surface area is 300 Å². The number of anilines is 6. The summed E-state index contributed by atoms with van der Waals surface area (Å²) >= 11 is 0. The first-order valence-electron chi connectivity index (χ1n) is 16.5. The van der Waals surface area contributed by atoms with Gasteiger partial charge in [-0.05, 0) is 37.1 Å². The Hall–Kier alpha value is -6.86. The van der Waals surface area contributed by atoms with Crippen LogP contribution in [0.4, 0.5) is 44.0 Å². The van der Waals surface area contributed by atoms with Gasteiger partial charge in [0, 0.05) is 52.7 Å². The molecule has 0 aliphatic carbocycles. The predicted molar refractivity (Wildman–Crippen MR) is 190 cm³/mol. The summed E-state index contributed by atoms with van der Waals surface area (Å²) in [5.41, 5.74) is 0.963. The van der Waals surface area contributed by atoms with E-state index in [4.69, 9.17) is 5.11 Å². The molecule has 0 radical (unpaired) electrons. The molecule has 20 nitrogen and oxygen atoms in total. The van der Waals surface area contributed by atoms with Gasteiger partial charge in [0.1, 0.15) is 11.4 Å². The summed E-state index contributed by atoms with van der Waals surface area (Å²) in [6.45, 7) is 2.75. The van der Waals surface area contributed by atoms with Gasteiger partial charge >= 0.3 is 24.0 Å². The molecule has 4 amide bonds. The predicted octanol–water partition coefficient (Wildman–Crippen LogP) is 1.10. The highest BCUT2D eigenvalue weighted by atomic mass is 16.5. The van der Waals surface area contributed by atoms with Crippen LogP contribution in [0.1, 0.15) is 34.1 Å². The number of pyridine rings is 2. The van der Waals surface area contributed by atoms with Crippen LogP contribution in [0.5, 0.6) is 0 Å². The van der Waals surface area contributed by atoms with Crippen LogP contribution in [0.25, 0.3) is 0 Å². The van der Waals surface area contributed by atoms with Crippen LogP contribution in [0.2, 0.25) is 0 Å². The van der Waals surface area contributed by atoms with Crippen molar-refractivity contribution in [1.82, 2.24) is 29.1 Å². The Balaban J connectivity index is 0.000000164. The van der Waals surface area contributed by atoms with Gasteiger partial charge in [-0.25, -0.2) is 39.1 Å². The van der Waals surface area contributed by atoms with Crippen LogP contribution < -0.4 is 41.4 Å². The molecular weight excluding hydrogens is 692 g/mol. The highest BCUT2D eigenvalue weighted by Crippen LogP contribution is 2.39. The van der Waals surface area contributed by atoms with E-state index in [0.29, 0.717) is 30.3 Å². The second kappa shape index (κ2) is 13.7. The van der Waals surface area contributed by atoms with Gasteiger partial charge in [-0.3, -0.25) is 19.4 Å². The zero-order chi connectivity index (χ0) is 37.6. The van der Waals surface area contributed by atoms with Gasteiger partial charge in [0.25, 0.3) is 11.1 Å². The number of aromatic carboxylic acids is 1. The summed E-state index contributed by atoms with van der Waals surface area (Å²) in [6.07, 6.45) is 7.63. The number of carbonyl (C=O) groups is 4. The number of amides is 4. The van der Waals surface area contributed by atoms with Crippen molar-refractivity contribution in [2.45, 2.75) is 24.9 Å². The van der Waals surface area contributed by atoms with Gasteiger partial charge in [-0.1, -0.05) is 0 Å². The van der Waals surface area contributed by atoms with Gasteiger partial charge < -0.3 is 39.4 Å². The Morgan fingerprint density at radius 3 is 1.66 bits per heavy atom. The van der Waals surface area contributed by atoms with E-state index in [0.717, 1.165) is 25.9 Å². The number of urea groups is 2. The van der Waals surface area contributed by atoms with Crippen LogP contribution in [-0.4, -0.2) is 104 Å². The fourth-order valence-electron chi connectivity index (χ4n) is 6.77. The third kappa shape index (κ3) is 6.34. The fraction of sp³-hybridized carbons (Fsp3) is 0.333. The first-order chi connectivity index (χ1) is 25.4. The monoisotopic (exact) mass is 726 g/mol. The van der Waals surface area contributed by atoms with Crippen LogP contribution in [-0.2, 0) is 18.8 Å². The number of rotatable bonds is 4. The number of hydrogen-bond donors (Lipinski definition) is 3. The van der Waals surface area contributed by atoms with Crippen molar-refractivity contribution >= 4 is 58.4 Å². The number of methoxy groups -OCH3 is 1. The number of nitrogens with zero attached hydrogens (tertiary/aromatic N) is 10. The molecule has 2 atom stereocenters. The normalized spacial score (nSPS) is 17.6. The van der Waals surface area contributed by atoms with E-state index in [2.05, 4.69) is 40.2 Å². The number of carbonyl (C=O) groups excluding carboxylic acids is 3. The molecule has 20 heteroatoms. The van der Waals surface area contributed by atoms with E-state index in [1.54, 1.807) is 44.7 Å². The zero-order valence-corrected chi connectivity index (χ0v) is 28.8. The number of nitrogens with one attached hydrogen (secondary N) is 2. The molecule has 0 saturated carbocycles. The quantitative estimate of drug-likeness (QED) is 0.250. The molecule has 53 heavy (non-hydrogen) atoms. The van der Waals surface area contributed by atoms with E-state index >= 15 is 0 Å². The number of carboxylic acid groups (broad SMARTS) is 1. The zero-order valence-electron chi connectivity index (χ0n) is 28.8. The number of aromatic nitrogens is 6. The molecule has 8 heterocycles. The summed E-state index contributed by atoms with van der Waals surface area (Å²) in [5, 5.41) is 14.4. The van der Waals surface area contributed by atoms with Gasteiger partial charge in [0.05, 0.1) is 43.0 Å². The molecule has 8 rings (SSSR count). The first kappa shape index (κ1) is 34.6. The molecule has 0 spiro atoms. The van der Waals surface area contributed by atoms with Gasteiger partial charge in [0.15, 0.2) is 11.6 Å². The number of aryl methyl sites for hydroxylation is 2. The van der Waals surface area contributed by atoms with Crippen molar-refractivity contribution in [2.75, 3.05) is 63.5 Å². The highest BCUT2D eigenvalue weighted by Gasteiger charge is 2.42. The number of carboxylic acids is 1. The summed E-state index contributed by atoms with van der Waals surface area (Å²) in [5.74, 6) is -1.85. The Morgan fingerprint density at radius 2 is 1.21 bits per heavy atom. The second-order valence-corrected chi connectivity index (χ2v) is 12.7. The SMILES string of the molecule is COC(=O)c1ncc2c(n1)N(C(=O)Nc1cccn(C)c1=O)[C@H]1CCN2C1.Cn1cccc(NC(=O)N2c3nc(C(=O)O)ncc3N3CC[C@H]2C3)c1=O. The number of esters is 1. The van der Waals surface area contributed by atoms with E-state index in [9.17, 15) is 28.8 Å². The van der Waals surface area contributed by atoms with Crippen molar-refractivity contribution in [3.63, 3.8) is 0 Å². The van der Waals surface area contributed by atoms with E-state index in [-0.39, 0.29) is 52.0 Å². The minimum Gasteiger partial charge on any atom is -0.475 e. The Morgan fingerprint density at radius 1 is 0.755 bits per heavy atom. The molecule has 0 unspecified atom stereocenters. The molecular formula is C33H34N12O8. The molecule has 4 aliphatic rings. The van der Waals surface area contributed by atoms with Crippen molar-refractivity contribution in [3.05, 3.63) is 81.4 Å². The van der Waals surface area contributed by atoms with E-state index < -0.39 is 24.0 Å². The van der Waals surface area contributed by atoms with E-state index in [1.807, 2.05) is 4.90 Å². The summed E-state index contributed by atoms with van der Waals surface area (Å²) in [7, 11) is 4.45. The molecule has 4 aromatic heterocycles. The smallest absolute Gasteiger partial charge is 0.376 e. The van der Waals surface area contributed by atoms with Crippen molar-refractivity contribution in [3.8, 4) is 0 Å². The van der Waals surface area contributed by atoms with Crippen molar-refractivity contribution in [1.29, 1.82) is 0 Å². The average molecular weight is 727 g/mol. The Kier molecular flexibility index (Phi) is 8.94. The maximum Gasteiger partial charge on any atom is 0.376 e. The lowest BCUT2D eigenvalue weighted by atomic mass is 10.2. The van der Waals surface area contributed by atoms with Crippen LogP contribution >= 0.6 is 0 Å². The second-order valence-electron chi connectivity index (χ2n) is 12.7. The molecule has 2 saturated heterocycles. The molecule has 3 N–H and O–H groups in total. The number of hydrogen-bond acceptors (Lipinski definition) is 13. The highest BCUT2D eigenvalue weighted by molar-refractivity contribution is 6.05. The van der Waals surface area contributed by atoms with Gasteiger partial charge in [0.2, 0.25) is 11.6 Å². The standard InChI is InChI=1S/C17H18N6O4.C16H16N6O4/c1-21-6-3-4-11(15(21)24)19-17(26)23-10-5-7-22(9-10)12-8-18-13(16(25)27-2)20-14(12)23;1-20-5-2-3-10(14(20)23)18-16(26)22-9-4-6-21(8-9)11-7-17-12(15(24)25)19-13(11)22/h3-4,6,8,10H,5,7,9H2,1-2H3,(H,19,26);2-3,5,7,9H,4,6,8H2,1H3,(H,18,26)(H,24,25)/t10-;9-/m00/s1. The lowest BCUT2D eigenvalue weighted by Gasteiger charge is -2.35. The molecule has 4 aliphatic heterocycles.